The lowest BCUT2D eigenvalue weighted by molar-refractivity contribution is -0.305. The lowest BCUT2D eigenvalue weighted by atomic mass is 9.99. The van der Waals surface area contributed by atoms with E-state index >= 15 is 0 Å². The Morgan fingerprint density at radius 2 is 1.12 bits per heavy atom. The summed E-state index contributed by atoms with van der Waals surface area (Å²) in [5.41, 5.74) is 0. The Morgan fingerprint density at radius 1 is 0.596 bits per heavy atom. The largest absolute Gasteiger partial charge is 0.462 e. The highest BCUT2D eigenvalue weighted by atomic mass is 16.7. The summed E-state index contributed by atoms with van der Waals surface area (Å²) in [6.45, 7) is 3.25. The van der Waals surface area contributed by atoms with Gasteiger partial charge in [-0.2, -0.15) is 0 Å². The monoisotopic (exact) mass is 734 g/mol. The molecule has 0 aromatic rings. The van der Waals surface area contributed by atoms with Crippen molar-refractivity contribution in [2.75, 3.05) is 19.8 Å². The van der Waals surface area contributed by atoms with Crippen molar-refractivity contribution in [1.29, 1.82) is 0 Å². The summed E-state index contributed by atoms with van der Waals surface area (Å²) >= 11 is 0. The van der Waals surface area contributed by atoms with Crippen molar-refractivity contribution in [3.05, 3.63) is 60.8 Å². The molecule has 0 aliphatic carbocycles. The molecule has 1 fully saturated rings. The van der Waals surface area contributed by atoms with Gasteiger partial charge in [0.15, 0.2) is 12.4 Å². The normalized spacial score (nSPS) is 21.7. The minimum atomic E-state index is -1.61. The van der Waals surface area contributed by atoms with Crippen LogP contribution in [0.1, 0.15) is 136 Å². The van der Waals surface area contributed by atoms with E-state index in [0.29, 0.717) is 12.8 Å². The zero-order valence-corrected chi connectivity index (χ0v) is 32.0. The fourth-order valence-electron chi connectivity index (χ4n) is 5.46. The van der Waals surface area contributed by atoms with Crippen LogP contribution in [0.15, 0.2) is 60.8 Å². The van der Waals surface area contributed by atoms with Crippen LogP contribution in [0, 0.1) is 0 Å². The predicted molar refractivity (Wildman–Crippen MR) is 205 cm³/mol. The number of unbranched alkanes of at least 4 members (excludes halogenated alkanes) is 10. The number of carbonyl (C=O) groups excluding carboxylic acids is 2. The molecule has 2 unspecified atom stereocenters. The van der Waals surface area contributed by atoms with Gasteiger partial charge in [-0.25, -0.2) is 0 Å². The Balaban J connectivity index is 2.43. The van der Waals surface area contributed by atoms with Crippen molar-refractivity contribution in [3.8, 4) is 0 Å². The molecule has 1 saturated heterocycles. The summed E-state index contributed by atoms with van der Waals surface area (Å²) in [5.74, 6) is -0.913. The molecule has 1 rings (SSSR count). The smallest absolute Gasteiger partial charge is 0.306 e. The van der Waals surface area contributed by atoms with E-state index in [2.05, 4.69) is 62.5 Å². The molecule has 52 heavy (non-hydrogen) atoms. The lowest BCUT2D eigenvalue weighted by Gasteiger charge is -2.39. The maximum atomic E-state index is 12.7. The number of allylic oxidation sites excluding steroid dienone is 10. The molecule has 0 spiro atoms. The minimum absolute atomic E-state index is 0.105. The van der Waals surface area contributed by atoms with Crippen molar-refractivity contribution in [1.82, 2.24) is 0 Å². The SMILES string of the molecule is CCCCC/C=C/C/C=C/C/C=C/C/C=C/C/C=C/CCC(=O)O[C@H](COC(=O)CCCCCCCCCC)CO[C@@H]1O[C@H](CO)[C@H](O)C(O)C1O. The molecule has 0 aromatic heterocycles. The molecule has 298 valence electrons. The highest BCUT2D eigenvalue weighted by Gasteiger charge is 2.44. The second kappa shape index (κ2) is 33.0. The second-order valence-corrected chi connectivity index (χ2v) is 13.4. The van der Waals surface area contributed by atoms with Gasteiger partial charge in [-0.3, -0.25) is 9.59 Å². The van der Waals surface area contributed by atoms with Gasteiger partial charge < -0.3 is 39.4 Å². The molecule has 10 nitrogen and oxygen atoms in total. The zero-order chi connectivity index (χ0) is 38.1. The first-order valence-corrected chi connectivity index (χ1v) is 19.9. The summed E-state index contributed by atoms with van der Waals surface area (Å²) < 4.78 is 21.9. The van der Waals surface area contributed by atoms with Crippen LogP contribution in [-0.2, 0) is 28.5 Å². The average molecular weight is 735 g/mol. The molecule has 4 N–H and O–H groups in total. The number of aliphatic hydroxyl groups excluding tert-OH is 4. The summed E-state index contributed by atoms with van der Waals surface area (Å²) in [5, 5.41) is 39.9. The van der Waals surface area contributed by atoms with Gasteiger partial charge in [0, 0.05) is 12.8 Å². The highest BCUT2D eigenvalue weighted by Crippen LogP contribution is 2.22. The minimum Gasteiger partial charge on any atom is -0.462 e. The third kappa shape index (κ3) is 24.6. The van der Waals surface area contributed by atoms with Crippen molar-refractivity contribution in [2.45, 2.75) is 173 Å². The van der Waals surface area contributed by atoms with E-state index in [4.69, 9.17) is 18.9 Å². The van der Waals surface area contributed by atoms with Gasteiger partial charge in [-0.1, -0.05) is 132 Å². The number of aliphatic hydroxyl groups is 4. The lowest BCUT2D eigenvalue weighted by Crippen LogP contribution is -2.59. The maximum absolute atomic E-state index is 12.7. The number of ether oxygens (including phenoxy) is 4. The third-order valence-corrected chi connectivity index (χ3v) is 8.67. The summed E-state index contributed by atoms with van der Waals surface area (Å²) in [6, 6.07) is 0. The third-order valence-electron chi connectivity index (χ3n) is 8.67. The molecule has 1 aliphatic heterocycles. The van der Waals surface area contributed by atoms with Gasteiger partial charge in [0.05, 0.1) is 13.2 Å². The molecular weight excluding hydrogens is 664 g/mol. The van der Waals surface area contributed by atoms with Crippen molar-refractivity contribution in [2.24, 2.45) is 0 Å². The second-order valence-electron chi connectivity index (χ2n) is 13.4. The van der Waals surface area contributed by atoms with E-state index in [0.717, 1.165) is 44.9 Å². The van der Waals surface area contributed by atoms with Crippen LogP contribution in [0.25, 0.3) is 0 Å². The highest BCUT2D eigenvalue weighted by molar-refractivity contribution is 5.70. The predicted octanol–water partition coefficient (Wildman–Crippen LogP) is 7.49. The molecule has 0 radical (unpaired) electrons. The summed E-state index contributed by atoms with van der Waals surface area (Å²) in [4.78, 5) is 25.1. The van der Waals surface area contributed by atoms with E-state index in [1.807, 2.05) is 12.2 Å². The van der Waals surface area contributed by atoms with Crippen molar-refractivity contribution < 1.29 is 49.0 Å². The fraction of sp³-hybridized carbons (Fsp3) is 0.714. The van der Waals surface area contributed by atoms with Gasteiger partial charge in [-0.05, 0) is 51.4 Å². The quantitative estimate of drug-likeness (QED) is 0.0320. The maximum Gasteiger partial charge on any atom is 0.306 e. The Bertz CT molecular complexity index is 1030. The van der Waals surface area contributed by atoms with Crippen LogP contribution in [0.4, 0.5) is 0 Å². The Hall–Kier alpha value is -2.60. The van der Waals surface area contributed by atoms with Crippen LogP contribution < -0.4 is 0 Å². The zero-order valence-electron chi connectivity index (χ0n) is 32.0. The molecule has 0 bridgehead atoms. The molecule has 6 atom stereocenters. The van der Waals surface area contributed by atoms with Crippen LogP contribution in [0.3, 0.4) is 0 Å². The first-order chi connectivity index (χ1) is 25.3. The van der Waals surface area contributed by atoms with Crippen molar-refractivity contribution >= 4 is 11.9 Å². The first-order valence-electron chi connectivity index (χ1n) is 19.9. The number of hydrogen-bond donors (Lipinski definition) is 4. The van der Waals surface area contributed by atoms with Crippen LogP contribution >= 0.6 is 0 Å². The topological polar surface area (TPSA) is 152 Å². The van der Waals surface area contributed by atoms with Crippen molar-refractivity contribution in [3.63, 3.8) is 0 Å². The summed E-state index contributed by atoms with van der Waals surface area (Å²) in [7, 11) is 0. The standard InChI is InChI=1S/C42H70O10/c1-3-5-7-9-11-13-14-15-16-17-18-19-20-21-22-23-25-27-29-31-38(45)51-35(33-49-37(44)30-28-26-24-12-10-8-6-4-2)34-50-42-41(48)40(47)39(46)36(32-43)52-42/h11,13,15-16,18-19,21-22,25,27,35-36,39-43,46-48H,3-10,12,14,17,20,23-24,26,28-34H2,1-2H3/b13-11+,16-15+,19-18+,22-21+,27-25+/t35-,36-,39+,40?,41?,42-/m1/s1. The number of rotatable bonds is 31. The number of esters is 2. The molecule has 1 heterocycles. The molecule has 0 aromatic carbocycles. The van der Waals surface area contributed by atoms with Crippen LogP contribution in [0.5, 0.6) is 0 Å². The van der Waals surface area contributed by atoms with Gasteiger partial charge in [0.1, 0.15) is 31.0 Å². The van der Waals surface area contributed by atoms with E-state index in [1.54, 1.807) is 0 Å². The van der Waals surface area contributed by atoms with E-state index in [1.165, 1.54) is 51.4 Å². The van der Waals surface area contributed by atoms with E-state index in [-0.39, 0.29) is 26.1 Å². The van der Waals surface area contributed by atoms with Gasteiger partial charge in [-0.15, -0.1) is 0 Å². The van der Waals surface area contributed by atoms with E-state index in [9.17, 15) is 30.0 Å². The van der Waals surface area contributed by atoms with Gasteiger partial charge in [0.25, 0.3) is 0 Å². The van der Waals surface area contributed by atoms with Crippen LogP contribution in [-0.4, -0.2) is 89.0 Å². The summed E-state index contributed by atoms with van der Waals surface area (Å²) in [6.07, 6.45) is 31.1. The molecule has 0 amide bonds. The Kier molecular flexibility index (Phi) is 30.1. The first kappa shape index (κ1) is 47.4. The fourth-order valence-corrected chi connectivity index (χ4v) is 5.46. The van der Waals surface area contributed by atoms with Gasteiger partial charge in [0.2, 0.25) is 0 Å². The number of hydrogen-bond acceptors (Lipinski definition) is 10. The van der Waals surface area contributed by atoms with Crippen LogP contribution in [0.2, 0.25) is 0 Å². The molecule has 1 aliphatic rings. The van der Waals surface area contributed by atoms with E-state index < -0.39 is 55.4 Å². The number of carbonyl (C=O) groups is 2. The molecule has 0 saturated carbocycles. The average Bonchev–Trinajstić information content (AvgIpc) is 3.14. The molecule has 10 heteroatoms. The molecular formula is C42H70O10. The Labute approximate surface area is 313 Å². The Morgan fingerprint density at radius 3 is 1.69 bits per heavy atom. The van der Waals surface area contributed by atoms with Gasteiger partial charge >= 0.3 is 11.9 Å².